The lowest BCUT2D eigenvalue weighted by molar-refractivity contribution is 0.0947. The molecule has 0 spiro atoms. The third-order valence-corrected chi connectivity index (χ3v) is 5.42. The summed E-state index contributed by atoms with van der Waals surface area (Å²) in [4.78, 5) is 17.0. The number of carbonyl (C=O) groups excluding carboxylic acids is 1. The molecule has 0 bridgehead atoms. The van der Waals surface area contributed by atoms with E-state index in [9.17, 15) is 4.79 Å². The normalized spacial score (nSPS) is 10.5. The van der Waals surface area contributed by atoms with E-state index in [0.29, 0.717) is 12.1 Å². The van der Waals surface area contributed by atoms with Crippen LogP contribution in [0.5, 0.6) is 0 Å². The molecule has 0 aliphatic rings. The Balaban J connectivity index is 1.65. The van der Waals surface area contributed by atoms with Crippen LogP contribution in [-0.4, -0.2) is 10.9 Å². The van der Waals surface area contributed by atoms with Gasteiger partial charge in [0, 0.05) is 23.0 Å². The lowest BCUT2D eigenvalue weighted by Crippen LogP contribution is -2.23. The smallest absolute Gasteiger partial charge is 0.254 e. The van der Waals surface area contributed by atoms with Gasteiger partial charge in [-0.3, -0.25) is 4.79 Å². The van der Waals surface area contributed by atoms with Gasteiger partial charge in [0.1, 0.15) is 5.03 Å². The molecular formula is C21H19BrN2OS. The topological polar surface area (TPSA) is 42.0 Å². The van der Waals surface area contributed by atoms with Crippen LogP contribution in [0.15, 0.2) is 76.4 Å². The Bertz CT molecular complexity index is 897. The molecule has 0 aliphatic carbocycles. The van der Waals surface area contributed by atoms with Crippen molar-refractivity contribution in [1.29, 1.82) is 0 Å². The second kappa shape index (κ2) is 9.01. The Morgan fingerprint density at radius 2 is 1.88 bits per heavy atom. The number of aryl methyl sites for hydroxylation is 1. The fraction of sp³-hybridized carbons (Fsp3) is 0.143. The highest BCUT2D eigenvalue weighted by molar-refractivity contribution is 9.10. The zero-order valence-corrected chi connectivity index (χ0v) is 16.8. The van der Waals surface area contributed by atoms with Crippen LogP contribution in [0.1, 0.15) is 27.0 Å². The lowest BCUT2D eigenvalue weighted by Gasteiger charge is -2.09. The van der Waals surface area contributed by atoms with E-state index >= 15 is 0 Å². The van der Waals surface area contributed by atoms with Crippen molar-refractivity contribution in [1.82, 2.24) is 10.3 Å². The molecule has 3 rings (SSSR count). The predicted molar refractivity (Wildman–Crippen MR) is 110 cm³/mol. The number of benzene rings is 2. The number of amides is 1. The molecule has 0 atom stereocenters. The molecule has 0 saturated carbocycles. The van der Waals surface area contributed by atoms with Crippen LogP contribution in [0, 0.1) is 6.92 Å². The summed E-state index contributed by atoms with van der Waals surface area (Å²) >= 11 is 5.05. The second-order valence-corrected chi connectivity index (χ2v) is 7.82. The molecule has 26 heavy (non-hydrogen) atoms. The van der Waals surface area contributed by atoms with Gasteiger partial charge in [-0.25, -0.2) is 4.98 Å². The van der Waals surface area contributed by atoms with E-state index in [1.54, 1.807) is 24.0 Å². The Kier molecular flexibility index (Phi) is 6.47. The van der Waals surface area contributed by atoms with Gasteiger partial charge >= 0.3 is 0 Å². The molecule has 2 aromatic carbocycles. The van der Waals surface area contributed by atoms with Crippen LogP contribution >= 0.6 is 27.7 Å². The molecule has 1 N–H and O–H groups in total. The van der Waals surface area contributed by atoms with Gasteiger partial charge in [-0.1, -0.05) is 57.9 Å². The van der Waals surface area contributed by atoms with E-state index in [1.807, 2.05) is 49.4 Å². The molecule has 1 heterocycles. The number of pyridine rings is 1. The maximum Gasteiger partial charge on any atom is 0.254 e. The molecular weight excluding hydrogens is 408 g/mol. The number of hydrogen-bond acceptors (Lipinski definition) is 3. The zero-order valence-electron chi connectivity index (χ0n) is 14.4. The van der Waals surface area contributed by atoms with Gasteiger partial charge in [0.25, 0.3) is 5.91 Å². The van der Waals surface area contributed by atoms with Crippen LogP contribution in [-0.2, 0) is 12.3 Å². The molecule has 0 saturated heterocycles. The number of rotatable bonds is 6. The van der Waals surface area contributed by atoms with Crippen molar-refractivity contribution in [3.05, 3.63) is 93.6 Å². The summed E-state index contributed by atoms with van der Waals surface area (Å²) in [7, 11) is 0. The van der Waals surface area contributed by atoms with E-state index in [2.05, 4.69) is 38.4 Å². The molecule has 3 aromatic rings. The Labute approximate surface area is 166 Å². The predicted octanol–water partition coefficient (Wildman–Crippen LogP) is 5.37. The number of aromatic nitrogens is 1. The molecule has 0 unspecified atom stereocenters. The minimum Gasteiger partial charge on any atom is -0.348 e. The highest BCUT2D eigenvalue weighted by atomic mass is 79.9. The van der Waals surface area contributed by atoms with Crippen molar-refractivity contribution in [3.63, 3.8) is 0 Å². The maximum absolute atomic E-state index is 12.6. The number of carbonyl (C=O) groups is 1. The van der Waals surface area contributed by atoms with Crippen molar-refractivity contribution in [2.45, 2.75) is 24.2 Å². The fourth-order valence-corrected chi connectivity index (χ4v) is 3.82. The Morgan fingerprint density at radius 1 is 1.08 bits per heavy atom. The van der Waals surface area contributed by atoms with E-state index < -0.39 is 0 Å². The second-order valence-electron chi connectivity index (χ2n) is 5.94. The van der Waals surface area contributed by atoms with Crippen LogP contribution in [0.25, 0.3) is 0 Å². The maximum atomic E-state index is 12.6. The fourth-order valence-electron chi connectivity index (χ4n) is 2.44. The highest BCUT2D eigenvalue weighted by Gasteiger charge is 2.12. The largest absolute Gasteiger partial charge is 0.348 e. The standard InChI is InChI=1S/C21H19BrN2OS/c1-15-7-9-16(10-8-15)13-24-20(25)19-6-3-11-23-21(19)26-14-17-4-2-5-18(22)12-17/h2-12H,13-14H2,1H3,(H,24,25). The summed E-state index contributed by atoms with van der Waals surface area (Å²) < 4.78 is 1.05. The van der Waals surface area contributed by atoms with Crippen molar-refractivity contribution in [2.24, 2.45) is 0 Å². The number of nitrogens with one attached hydrogen (secondary N) is 1. The van der Waals surface area contributed by atoms with Gasteiger partial charge in [0.2, 0.25) is 0 Å². The van der Waals surface area contributed by atoms with Gasteiger partial charge in [0.05, 0.1) is 5.56 Å². The summed E-state index contributed by atoms with van der Waals surface area (Å²) in [6.45, 7) is 2.55. The molecule has 0 radical (unpaired) electrons. The average Bonchev–Trinajstić information content (AvgIpc) is 2.66. The molecule has 0 aliphatic heterocycles. The first-order valence-electron chi connectivity index (χ1n) is 8.28. The Hall–Kier alpha value is -2.11. The lowest BCUT2D eigenvalue weighted by atomic mass is 10.1. The van der Waals surface area contributed by atoms with Gasteiger partial charge in [-0.2, -0.15) is 0 Å². The first-order valence-corrected chi connectivity index (χ1v) is 10.1. The van der Waals surface area contributed by atoms with Crippen LogP contribution in [0.2, 0.25) is 0 Å². The first-order chi connectivity index (χ1) is 12.6. The molecule has 1 amide bonds. The summed E-state index contributed by atoms with van der Waals surface area (Å²) in [5.41, 5.74) is 4.08. The average molecular weight is 427 g/mol. The summed E-state index contributed by atoms with van der Waals surface area (Å²) in [6.07, 6.45) is 1.72. The minimum atomic E-state index is -0.101. The third kappa shape index (κ3) is 5.19. The molecule has 132 valence electrons. The number of nitrogens with zero attached hydrogens (tertiary/aromatic N) is 1. The minimum absolute atomic E-state index is 0.101. The summed E-state index contributed by atoms with van der Waals surface area (Å²) in [5, 5.41) is 3.73. The van der Waals surface area contributed by atoms with Gasteiger partial charge in [-0.05, 0) is 42.3 Å². The monoisotopic (exact) mass is 426 g/mol. The molecule has 0 fully saturated rings. The van der Waals surface area contributed by atoms with Crippen LogP contribution in [0.3, 0.4) is 0 Å². The van der Waals surface area contributed by atoms with Gasteiger partial charge < -0.3 is 5.32 Å². The summed E-state index contributed by atoms with van der Waals surface area (Å²) in [5.74, 6) is 0.657. The highest BCUT2D eigenvalue weighted by Crippen LogP contribution is 2.25. The number of halogens is 1. The molecule has 3 nitrogen and oxygen atoms in total. The van der Waals surface area contributed by atoms with Gasteiger partial charge in [-0.15, -0.1) is 11.8 Å². The zero-order chi connectivity index (χ0) is 18.4. The first kappa shape index (κ1) is 18.7. The van der Waals surface area contributed by atoms with Crippen molar-refractivity contribution >= 4 is 33.6 Å². The quantitative estimate of drug-likeness (QED) is 0.538. The van der Waals surface area contributed by atoms with E-state index in [4.69, 9.17) is 0 Å². The van der Waals surface area contributed by atoms with Crippen LogP contribution in [0.4, 0.5) is 0 Å². The number of hydrogen-bond donors (Lipinski definition) is 1. The third-order valence-electron chi connectivity index (χ3n) is 3.85. The van der Waals surface area contributed by atoms with E-state index in [0.717, 1.165) is 20.8 Å². The SMILES string of the molecule is Cc1ccc(CNC(=O)c2cccnc2SCc2cccc(Br)c2)cc1. The van der Waals surface area contributed by atoms with Gasteiger partial charge in [0.15, 0.2) is 0 Å². The van der Waals surface area contributed by atoms with Crippen molar-refractivity contribution < 1.29 is 4.79 Å². The van der Waals surface area contributed by atoms with Crippen molar-refractivity contribution in [3.8, 4) is 0 Å². The van der Waals surface area contributed by atoms with Crippen LogP contribution < -0.4 is 5.32 Å². The number of thioether (sulfide) groups is 1. The van der Waals surface area contributed by atoms with E-state index in [1.165, 1.54) is 11.1 Å². The van der Waals surface area contributed by atoms with E-state index in [-0.39, 0.29) is 5.91 Å². The molecule has 1 aromatic heterocycles. The Morgan fingerprint density at radius 3 is 2.65 bits per heavy atom. The van der Waals surface area contributed by atoms with Crippen molar-refractivity contribution in [2.75, 3.05) is 0 Å². The summed E-state index contributed by atoms with van der Waals surface area (Å²) in [6, 6.07) is 19.9. The molecule has 5 heteroatoms.